The Labute approximate surface area is 97.5 Å². The highest BCUT2D eigenvalue weighted by atomic mass is 16.5. The molecular formula is C13H20N2O. The summed E-state index contributed by atoms with van der Waals surface area (Å²) in [6.45, 7) is 11.4. The van der Waals surface area contributed by atoms with Crippen LogP contribution in [0.5, 0.6) is 5.75 Å². The van der Waals surface area contributed by atoms with Crippen molar-refractivity contribution in [2.45, 2.75) is 26.8 Å². The van der Waals surface area contributed by atoms with Crippen molar-refractivity contribution in [3.63, 3.8) is 0 Å². The van der Waals surface area contributed by atoms with E-state index in [2.05, 4.69) is 30.7 Å². The Hall–Kier alpha value is -1.35. The maximum Gasteiger partial charge on any atom is 0.140 e. The minimum atomic E-state index is 0.469. The molecule has 1 aromatic heterocycles. The van der Waals surface area contributed by atoms with Gasteiger partial charge in [0.1, 0.15) is 12.4 Å². The van der Waals surface area contributed by atoms with Gasteiger partial charge in [0.25, 0.3) is 0 Å². The van der Waals surface area contributed by atoms with E-state index in [9.17, 15) is 0 Å². The Morgan fingerprint density at radius 1 is 1.56 bits per heavy atom. The predicted octanol–water partition coefficient (Wildman–Crippen LogP) is 2.32. The van der Waals surface area contributed by atoms with E-state index < -0.39 is 0 Å². The molecule has 0 unspecified atom stereocenters. The Morgan fingerprint density at radius 3 is 2.94 bits per heavy atom. The van der Waals surface area contributed by atoms with Crippen molar-refractivity contribution >= 4 is 0 Å². The molecule has 0 aliphatic heterocycles. The van der Waals surface area contributed by atoms with Crippen molar-refractivity contribution < 1.29 is 4.74 Å². The lowest BCUT2D eigenvalue weighted by Crippen LogP contribution is -2.26. The van der Waals surface area contributed by atoms with Gasteiger partial charge in [-0.3, -0.25) is 4.98 Å². The van der Waals surface area contributed by atoms with Crippen LogP contribution in [0.4, 0.5) is 0 Å². The van der Waals surface area contributed by atoms with Crippen LogP contribution >= 0.6 is 0 Å². The molecule has 1 rings (SSSR count). The van der Waals surface area contributed by atoms with E-state index in [0.29, 0.717) is 12.6 Å². The smallest absolute Gasteiger partial charge is 0.140 e. The second-order valence-corrected chi connectivity index (χ2v) is 4.16. The first-order chi connectivity index (χ1) is 7.59. The van der Waals surface area contributed by atoms with E-state index in [-0.39, 0.29) is 0 Å². The molecule has 1 N–H and O–H groups in total. The maximum atomic E-state index is 5.63. The summed E-state index contributed by atoms with van der Waals surface area (Å²) in [5.74, 6) is 0.827. The molecule has 88 valence electrons. The molecular weight excluding hydrogens is 200 g/mol. The van der Waals surface area contributed by atoms with Crippen LogP contribution < -0.4 is 10.1 Å². The topological polar surface area (TPSA) is 34.1 Å². The van der Waals surface area contributed by atoms with Gasteiger partial charge in [-0.2, -0.15) is 0 Å². The fourth-order valence-electron chi connectivity index (χ4n) is 1.20. The molecule has 0 radical (unpaired) electrons. The number of hydrogen-bond acceptors (Lipinski definition) is 3. The van der Waals surface area contributed by atoms with E-state index in [1.807, 2.05) is 19.1 Å². The van der Waals surface area contributed by atoms with Gasteiger partial charge in [-0.1, -0.05) is 20.4 Å². The van der Waals surface area contributed by atoms with Crippen molar-refractivity contribution in [3.05, 3.63) is 36.2 Å². The normalized spacial score (nSPS) is 10.5. The Morgan fingerprint density at radius 2 is 2.31 bits per heavy atom. The zero-order chi connectivity index (χ0) is 12.0. The molecule has 0 fully saturated rings. The molecule has 1 heterocycles. The molecule has 3 heteroatoms. The van der Waals surface area contributed by atoms with Gasteiger partial charge in [0.15, 0.2) is 0 Å². The molecule has 0 saturated carbocycles. The summed E-state index contributed by atoms with van der Waals surface area (Å²) >= 11 is 0. The van der Waals surface area contributed by atoms with Crippen molar-refractivity contribution in [2.24, 2.45) is 0 Å². The lowest BCUT2D eigenvalue weighted by atomic mass is 10.3. The number of nitrogens with zero attached hydrogens (tertiary/aromatic N) is 1. The Bertz CT molecular complexity index is 348. The van der Waals surface area contributed by atoms with Crippen LogP contribution in [-0.2, 0) is 0 Å². The zero-order valence-electron chi connectivity index (χ0n) is 10.3. The van der Waals surface area contributed by atoms with Gasteiger partial charge >= 0.3 is 0 Å². The van der Waals surface area contributed by atoms with Crippen LogP contribution in [0.25, 0.3) is 0 Å². The number of pyridine rings is 1. The molecule has 0 amide bonds. The van der Waals surface area contributed by atoms with E-state index in [4.69, 9.17) is 4.74 Å². The number of ether oxygens (including phenoxy) is 1. The van der Waals surface area contributed by atoms with E-state index >= 15 is 0 Å². The minimum absolute atomic E-state index is 0.469. The van der Waals surface area contributed by atoms with Crippen LogP contribution in [0.15, 0.2) is 30.5 Å². The number of aromatic nitrogens is 1. The first-order valence-corrected chi connectivity index (χ1v) is 5.54. The Balaban J connectivity index is 2.35. The summed E-state index contributed by atoms with van der Waals surface area (Å²) in [7, 11) is 0. The van der Waals surface area contributed by atoms with Gasteiger partial charge in [-0.25, -0.2) is 0 Å². The van der Waals surface area contributed by atoms with Crippen LogP contribution in [0, 0.1) is 6.92 Å². The monoisotopic (exact) mass is 220 g/mol. The quantitative estimate of drug-likeness (QED) is 0.747. The fraction of sp³-hybridized carbons (Fsp3) is 0.462. The third-order valence-corrected chi connectivity index (χ3v) is 2.15. The second kappa shape index (κ2) is 6.28. The maximum absolute atomic E-state index is 5.63. The van der Waals surface area contributed by atoms with Crippen molar-refractivity contribution in [1.29, 1.82) is 0 Å². The average Bonchev–Trinajstić information content (AvgIpc) is 2.25. The number of nitrogens with one attached hydrogen (secondary N) is 1. The van der Waals surface area contributed by atoms with Crippen molar-refractivity contribution in [2.75, 3.05) is 13.2 Å². The standard InChI is InChI=1S/C13H20N2O/c1-10(2)15-8-11(3)9-16-13-6-5-7-14-12(13)4/h5-7,10,15H,3,8-9H2,1-2,4H3. The average molecular weight is 220 g/mol. The predicted molar refractivity (Wildman–Crippen MR) is 66.7 cm³/mol. The van der Waals surface area contributed by atoms with Gasteiger partial charge in [0.2, 0.25) is 0 Å². The molecule has 3 nitrogen and oxygen atoms in total. The summed E-state index contributed by atoms with van der Waals surface area (Å²) in [5, 5.41) is 3.30. The van der Waals surface area contributed by atoms with E-state index in [1.54, 1.807) is 6.20 Å². The first-order valence-electron chi connectivity index (χ1n) is 5.54. The van der Waals surface area contributed by atoms with Crippen LogP contribution in [0.1, 0.15) is 19.5 Å². The molecule has 0 saturated heterocycles. The SMILES string of the molecule is C=C(CNC(C)C)COc1cccnc1C. The Kier molecular flexibility index (Phi) is 4.99. The van der Waals surface area contributed by atoms with Gasteiger partial charge in [0, 0.05) is 18.8 Å². The number of rotatable bonds is 6. The lowest BCUT2D eigenvalue weighted by Gasteiger charge is -2.12. The lowest BCUT2D eigenvalue weighted by molar-refractivity contribution is 0.343. The molecule has 0 atom stereocenters. The largest absolute Gasteiger partial charge is 0.487 e. The minimum Gasteiger partial charge on any atom is -0.487 e. The highest BCUT2D eigenvalue weighted by molar-refractivity contribution is 5.25. The highest BCUT2D eigenvalue weighted by Crippen LogP contribution is 2.13. The number of aryl methyl sites for hydroxylation is 1. The molecule has 0 spiro atoms. The summed E-state index contributed by atoms with van der Waals surface area (Å²) in [4.78, 5) is 4.16. The zero-order valence-corrected chi connectivity index (χ0v) is 10.3. The van der Waals surface area contributed by atoms with Gasteiger partial charge < -0.3 is 10.1 Å². The summed E-state index contributed by atoms with van der Waals surface area (Å²) in [6, 6.07) is 4.26. The summed E-state index contributed by atoms with van der Waals surface area (Å²) in [5.41, 5.74) is 1.95. The third-order valence-electron chi connectivity index (χ3n) is 2.15. The number of hydrogen-bond donors (Lipinski definition) is 1. The van der Waals surface area contributed by atoms with Crippen molar-refractivity contribution in [3.8, 4) is 5.75 Å². The van der Waals surface area contributed by atoms with Gasteiger partial charge in [-0.15, -0.1) is 0 Å². The molecule has 0 aliphatic carbocycles. The summed E-state index contributed by atoms with van der Waals surface area (Å²) < 4.78 is 5.63. The van der Waals surface area contributed by atoms with Crippen molar-refractivity contribution in [1.82, 2.24) is 10.3 Å². The second-order valence-electron chi connectivity index (χ2n) is 4.16. The van der Waals surface area contributed by atoms with Crippen LogP contribution in [0.3, 0.4) is 0 Å². The third kappa shape index (κ3) is 4.45. The molecule has 0 aliphatic rings. The van der Waals surface area contributed by atoms with Crippen LogP contribution in [0.2, 0.25) is 0 Å². The first kappa shape index (κ1) is 12.7. The molecule has 0 bridgehead atoms. The van der Waals surface area contributed by atoms with E-state index in [1.165, 1.54) is 0 Å². The van der Waals surface area contributed by atoms with Crippen LogP contribution in [-0.4, -0.2) is 24.2 Å². The fourth-order valence-corrected chi connectivity index (χ4v) is 1.20. The molecule has 16 heavy (non-hydrogen) atoms. The summed E-state index contributed by atoms with van der Waals surface area (Å²) in [6.07, 6.45) is 1.76. The van der Waals surface area contributed by atoms with Gasteiger partial charge in [-0.05, 0) is 24.6 Å². The van der Waals surface area contributed by atoms with E-state index in [0.717, 1.165) is 23.6 Å². The van der Waals surface area contributed by atoms with Gasteiger partial charge in [0.05, 0.1) is 5.69 Å². The molecule has 1 aromatic rings. The molecule has 0 aromatic carbocycles. The highest BCUT2D eigenvalue weighted by Gasteiger charge is 2.01.